The zero-order chi connectivity index (χ0) is 20.3. The van der Waals surface area contributed by atoms with E-state index in [1.165, 1.54) is 12.1 Å². The molecule has 1 aromatic carbocycles. The number of hydrogen-bond acceptors (Lipinski definition) is 5. The Labute approximate surface area is 188 Å². The molecule has 9 heteroatoms. The molecule has 1 atom stereocenters. The standard InChI is InChI=1S/C20H28FN3O4.HI/c1-20(2,3)28-18(25)13-5-6-24(10-13)19(22-4)23-9-14-7-16(21)8-15-11-26-12-27-17(14)15;/h7-8,13H,5-6,9-12H2,1-4H3,(H,22,23);1H. The Balaban J connectivity index is 0.00000300. The fourth-order valence-electron chi connectivity index (χ4n) is 3.42. The number of aliphatic imine (C=N–C) groups is 1. The summed E-state index contributed by atoms with van der Waals surface area (Å²) in [6.45, 7) is 7.69. The summed E-state index contributed by atoms with van der Waals surface area (Å²) in [6, 6.07) is 2.89. The molecule has 0 amide bonds. The predicted molar refractivity (Wildman–Crippen MR) is 118 cm³/mol. The maximum absolute atomic E-state index is 13.9. The summed E-state index contributed by atoms with van der Waals surface area (Å²) in [7, 11) is 1.69. The smallest absolute Gasteiger partial charge is 0.311 e. The highest BCUT2D eigenvalue weighted by Crippen LogP contribution is 2.29. The van der Waals surface area contributed by atoms with Crippen LogP contribution >= 0.6 is 24.0 Å². The first kappa shape index (κ1) is 23.7. The molecule has 1 saturated heterocycles. The van der Waals surface area contributed by atoms with E-state index in [4.69, 9.17) is 14.2 Å². The average molecular weight is 521 g/mol. The van der Waals surface area contributed by atoms with E-state index in [1.54, 1.807) is 7.05 Å². The summed E-state index contributed by atoms with van der Waals surface area (Å²) in [5, 5.41) is 3.25. The minimum absolute atomic E-state index is 0. The first-order chi connectivity index (χ1) is 13.3. The van der Waals surface area contributed by atoms with E-state index in [0.29, 0.717) is 55.5 Å². The number of esters is 1. The van der Waals surface area contributed by atoms with E-state index in [1.807, 2.05) is 25.7 Å². The molecule has 7 nitrogen and oxygen atoms in total. The van der Waals surface area contributed by atoms with E-state index in [0.717, 1.165) is 0 Å². The number of carbonyl (C=O) groups excluding carboxylic acids is 1. The third kappa shape index (κ3) is 6.18. The van der Waals surface area contributed by atoms with Gasteiger partial charge >= 0.3 is 5.97 Å². The average Bonchev–Trinajstić information content (AvgIpc) is 3.11. The minimum atomic E-state index is -0.495. The number of hydrogen-bond donors (Lipinski definition) is 1. The van der Waals surface area contributed by atoms with Crippen molar-refractivity contribution in [3.63, 3.8) is 0 Å². The summed E-state index contributed by atoms with van der Waals surface area (Å²) in [5.41, 5.74) is 0.913. The van der Waals surface area contributed by atoms with Crippen LogP contribution in [0.1, 0.15) is 38.3 Å². The van der Waals surface area contributed by atoms with Crippen LogP contribution in [-0.2, 0) is 27.4 Å². The molecule has 2 aliphatic rings. The van der Waals surface area contributed by atoms with E-state index in [2.05, 4.69) is 10.3 Å². The molecule has 1 fully saturated rings. The van der Waals surface area contributed by atoms with Gasteiger partial charge in [0, 0.05) is 37.8 Å². The molecule has 162 valence electrons. The molecule has 3 rings (SSSR count). The third-order valence-electron chi connectivity index (χ3n) is 4.63. The number of fused-ring (bicyclic) bond motifs is 1. The number of benzene rings is 1. The van der Waals surface area contributed by atoms with Crippen LogP contribution in [0.3, 0.4) is 0 Å². The van der Waals surface area contributed by atoms with Crippen molar-refractivity contribution in [1.82, 2.24) is 10.2 Å². The van der Waals surface area contributed by atoms with Crippen LogP contribution in [-0.4, -0.2) is 49.4 Å². The summed E-state index contributed by atoms with van der Waals surface area (Å²) < 4.78 is 30.2. The zero-order valence-corrected chi connectivity index (χ0v) is 19.6. The van der Waals surface area contributed by atoms with Crippen molar-refractivity contribution in [1.29, 1.82) is 0 Å². The second-order valence-electron chi connectivity index (χ2n) is 8.03. The number of guanidine groups is 1. The van der Waals surface area contributed by atoms with Gasteiger partial charge in [0.15, 0.2) is 12.8 Å². The maximum Gasteiger partial charge on any atom is 0.311 e. The molecular weight excluding hydrogens is 492 g/mol. The Morgan fingerprint density at radius 2 is 2.17 bits per heavy atom. The van der Waals surface area contributed by atoms with Gasteiger partial charge < -0.3 is 24.4 Å². The summed E-state index contributed by atoms with van der Waals surface area (Å²) >= 11 is 0. The van der Waals surface area contributed by atoms with Crippen molar-refractivity contribution in [2.45, 2.75) is 45.9 Å². The van der Waals surface area contributed by atoms with Crippen molar-refractivity contribution < 1.29 is 23.4 Å². The van der Waals surface area contributed by atoms with Crippen molar-refractivity contribution in [3.8, 4) is 5.75 Å². The molecule has 29 heavy (non-hydrogen) atoms. The van der Waals surface area contributed by atoms with Gasteiger partial charge in [0.05, 0.1) is 12.5 Å². The lowest BCUT2D eigenvalue weighted by molar-refractivity contribution is -0.159. The van der Waals surface area contributed by atoms with Crippen LogP contribution < -0.4 is 10.1 Å². The predicted octanol–water partition coefficient (Wildman–Crippen LogP) is 3.05. The normalized spacial score (nSPS) is 19.1. The molecule has 0 bridgehead atoms. The molecule has 1 aromatic rings. The number of nitrogens with zero attached hydrogens (tertiary/aromatic N) is 2. The van der Waals surface area contributed by atoms with Crippen molar-refractivity contribution >= 4 is 35.9 Å². The highest BCUT2D eigenvalue weighted by Gasteiger charge is 2.33. The monoisotopic (exact) mass is 521 g/mol. The Morgan fingerprint density at radius 3 is 2.86 bits per heavy atom. The van der Waals surface area contributed by atoms with Gasteiger partial charge in [-0.3, -0.25) is 9.79 Å². The van der Waals surface area contributed by atoms with Gasteiger partial charge in [-0.1, -0.05) is 0 Å². The Morgan fingerprint density at radius 1 is 1.41 bits per heavy atom. The number of carbonyl (C=O) groups is 1. The van der Waals surface area contributed by atoms with Crippen LogP contribution in [0, 0.1) is 11.7 Å². The van der Waals surface area contributed by atoms with Gasteiger partial charge in [0.2, 0.25) is 0 Å². The Hall–Kier alpha value is -1.62. The second kappa shape index (κ2) is 9.92. The molecular formula is C20H29FIN3O4. The van der Waals surface area contributed by atoms with Crippen molar-refractivity contribution in [2.24, 2.45) is 10.9 Å². The molecule has 0 aromatic heterocycles. The third-order valence-corrected chi connectivity index (χ3v) is 4.63. The molecule has 2 aliphatic heterocycles. The lowest BCUT2D eigenvalue weighted by Gasteiger charge is -2.25. The van der Waals surface area contributed by atoms with Gasteiger partial charge in [0.1, 0.15) is 17.2 Å². The number of likely N-dealkylation sites (tertiary alicyclic amines) is 1. The number of rotatable bonds is 3. The van der Waals surface area contributed by atoms with E-state index >= 15 is 0 Å². The van der Waals surface area contributed by atoms with Gasteiger partial charge in [-0.2, -0.15) is 0 Å². The topological polar surface area (TPSA) is 72.4 Å². The van der Waals surface area contributed by atoms with Crippen LogP contribution in [0.15, 0.2) is 17.1 Å². The molecule has 2 heterocycles. The van der Waals surface area contributed by atoms with Crippen LogP contribution in [0.25, 0.3) is 0 Å². The highest BCUT2D eigenvalue weighted by molar-refractivity contribution is 14.0. The summed E-state index contributed by atoms with van der Waals surface area (Å²) in [4.78, 5) is 18.6. The lowest BCUT2D eigenvalue weighted by atomic mass is 10.1. The van der Waals surface area contributed by atoms with E-state index in [-0.39, 0.29) is 48.5 Å². The van der Waals surface area contributed by atoms with Gasteiger partial charge in [-0.05, 0) is 39.3 Å². The fourth-order valence-corrected chi connectivity index (χ4v) is 3.42. The van der Waals surface area contributed by atoms with Gasteiger partial charge in [0.25, 0.3) is 0 Å². The highest BCUT2D eigenvalue weighted by atomic mass is 127. The number of ether oxygens (including phenoxy) is 3. The van der Waals surface area contributed by atoms with Crippen LogP contribution in [0.5, 0.6) is 5.75 Å². The minimum Gasteiger partial charge on any atom is -0.467 e. The Kier molecular flexibility index (Phi) is 8.10. The SMILES string of the molecule is CN=C(NCc1cc(F)cc2c1OCOC2)N1CCC(C(=O)OC(C)(C)C)C1.I. The van der Waals surface area contributed by atoms with Crippen molar-refractivity contribution in [2.75, 3.05) is 26.9 Å². The second-order valence-corrected chi connectivity index (χ2v) is 8.03. The molecule has 1 unspecified atom stereocenters. The first-order valence-electron chi connectivity index (χ1n) is 9.47. The fraction of sp³-hybridized carbons (Fsp3) is 0.600. The van der Waals surface area contributed by atoms with Crippen molar-refractivity contribution in [3.05, 3.63) is 29.1 Å². The Bertz CT molecular complexity index is 767. The molecule has 1 N–H and O–H groups in total. The summed E-state index contributed by atoms with van der Waals surface area (Å²) in [6.07, 6.45) is 0.714. The molecule has 0 spiro atoms. The summed E-state index contributed by atoms with van der Waals surface area (Å²) in [5.74, 6) is 0.629. The van der Waals surface area contributed by atoms with Crippen LogP contribution in [0.2, 0.25) is 0 Å². The van der Waals surface area contributed by atoms with Gasteiger partial charge in [-0.15, -0.1) is 24.0 Å². The van der Waals surface area contributed by atoms with Crippen LogP contribution in [0.4, 0.5) is 4.39 Å². The van der Waals surface area contributed by atoms with E-state index < -0.39 is 5.60 Å². The van der Waals surface area contributed by atoms with Gasteiger partial charge in [-0.25, -0.2) is 4.39 Å². The number of nitrogens with one attached hydrogen (secondary N) is 1. The maximum atomic E-state index is 13.9. The molecule has 0 radical (unpaired) electrons. The molecule has 0 saturated carbocycles. The van der Waals surface area contributed by atoms with E-state index in [9.17, 15) is 9.18 Å². The number of halogens is 2. The molecule has 0 aliphatic carbocycles. The lowest BCUT2D eigenvalue weighted by Crippen LogP contribution is -2.40. The first-order valence-corrected chi connectivity index (χ1v) is 9.47. The largest absolute Gasteiger partial charge is 0.467 e. The quantitative estimate of drug-likeness (QED) is 0.286. The zero-order valence-electron chi connectivity index (χ0n) is 17.3.